The van der Waals surface area contributed by atoms with Gasteiger partial charge < -0.3 is 14.2 Å². The molecule has 0 saturated heterocycles. The second-order valence-corrected chi connectivity index (χ2v) is 22.4. The van der Waals surface area contributed by atoms with Gasteiger partial charge in [-0.3, -0.25) is 14.4 Å². The molecule has 0 radical (unpaired) electrons. The molecule has 0 spiro atoms. The molecule has 0 bridgehead atoms. The van der Waals surface area contributed by atoms with Gasteiger partial charge in [0.05, 0.1) is 0 Å². The van der Waals surface area contributed by atoms with Gasteiger partial charge in [0.1, 0.15) is 13.2 Å². The third-order valence-corrected chi connectivity index (χ3v) is 14.5. The molecule has 0 aromatic rings. The highest BCUT2D eigenvalue weighted by atomic mass is 16.6. The molecule has 6 nitrogen and oxygen atoms in total. The topological polar surface area (TPSA) is 78.9 Å². The van der Waals surface area contributed by atoms with Gasteiger partial charge in [-0.1, -0.05) is 303 Å². The minimum absolute atomic E-state index is 0.0892. The minimum atomic E-state index is -0.796. The maximum Gasteiger partial charge on any atom is 0.306 e. The fraction of sp³-hybridized carbons (Fsp3) is 0.693. The van der Waals surface area contributed by atoms with E-state index in [0.717, 1.165) is 122 Å². The van der Waals surface area contributed by atoms with Crippen molar-refractivity contribution in [3.05, 3.63) is 122 Å². The third kappa shape index (κ3) is 66.5. The number of hydrogen-bond acceptors (Lipinski definition) is 6. The van der Waals surface area contributed by atoms with Crippen LogP contribution in [0.4, 0.5) is 0 Å². The lowest BCUT2D eigenvalue weighted by Gasteiger charge is -2.18. The molecule has 81 heavy (non-hydrogen) atoms. The summed E-state index contributed by atoms with van der Waals surface area (Å²) in [6, 6.07) is 0. The molecule has 0 aliphatic carbocycles. The number of unbranched alkanes of at least 4 members (excludes halogenated alkanes) is 30. The lowest BCUT2D eigenvalue weighted by Crippen LogP contribution is -2.30. The summed E-state index contributed by atoms with van der Waals surface area (Å²) in [5.74, 6) is -0.918. The van der Waals surface area contributed by atoms with Gasteiger partial charge >= 0.3 is 17.9 Å². The van der Waals surface area contributed by atoms with Gasteiger partial charge in [-0.15, -0.1) is 0 Å². The monoisotopic (exact) mass is 1120 g/mol. The van der Waals surface area contributed by atoms with Gasteiger partial charge in [0.25, 0.3) is 0 Å². The van der Waals surface area contributed by atoms with Crippen LogP contribution >= 0.6 is 0 Å². The first-order valence-corrected chi connectivity index (χ1v) is 34.0. The average molecular weight is 1120 g/mol. The highest BCUT2D eigenvalue weighted by Crippen LogP contribution is 2.16. The van der Waals surface area contributed by atoms with Crippen LogP contribution in [0.5, 0.6) is 0 Å². The van der Waals surface area contributed by atoms with E-state index in [9.17, 15) is 14.4 Å². The van der Waals surface area contributed by atoms with Crippen LogP contribution in [0.15, 0.2) is 122 Å². The molecule has 0 heterocycles. The van der Waals surface area contributed by atoms with Gasteiger partial charge in [-0.05, 0) is 116 Å². The quantitative estimate of drug-likeness (QED) is 0.0261. The van der Waals surface area contributed by atoms with Crippen molar-refractivity contribution in [3.8, 4) is 0 Å². The Bertz CT molecular complexity index is 1670. The van der Waals surface area contributed by atoms with Crippen molar-refractivity contribution < 1.29 is 28.6 Å². The lowest BCUT2D eigenvalue weighted by molar-refractivity contribution is -0.167. The largest absolute Gasteiger partial charge is 0.462 e. The van der Waals surface area contributed by atoms with E-state index in [-0.39, 0.29) is 31.1 Å². The van der Waals surface area contributed by atoms with E-state index in [2.05, 4.69) is 142 Å². The summed E-state index contributed by atoms with van der Waals surface area (Å²) in [6.07, 6.45) is 94.9. The van der Waals surface area contributed by atoms with E-state index in [1.54, 1.807) is 0 Å². The summed E-state index contributed by atoms with van der Waals surface area (Å²) < 4.78 is 16.9. The van der Waals surface area contributed by atoms with Crippen LogP contribution in [0, 0.1) is 0 Å². The van der Waals surface area contributed by atoms with Crippen molar-refractivity contribution in [2.24, 2.45) is 0 Å². The molecule has 0 aliphatic heterocycles. The summed E-state index contributed by atoms with van der Waals surface area (Å²) in [5.41, 5.74) is 0. The van der Waals surface area contributed by atoms with Crippen molar-refractivity contribution >= 4 is 17.9 Å². The Hall–Kier alpha value is -4.19. The van der Waals surface area contributed by atoms with E-state index in [0.29, 0.717) is 19.3 Å². The van der Waals surface area contributed by atoms with Gasteiger partial charge in [0.2, 0.25) is 0 Å². The second-order valence-electron chi connectivity index (χ2n) is 22.4. The fourth-order valence-electron chi connectivity index (χ4n) is 9.37. The molecule has 0 fully saturated rings. The Morgan fingerprint density at radius 2 is 0.481 bits per heavy atom. The van der Waals surface area contributed by atoms with Crippen LogP contribution in [0.2, 0.25) is 0 Å². The zero-order valence-electron chi connectivity index (χ0n) is 53.0. The summed E-state index contributed by atoms with van der Waals surface area (Å²) in [6.45, 7) is 6.52. The van der Waals surface area contributed by atoms with E-state index in [1.807, 2.05) is 0 Å². The Labute approximate surface area is 501 Å². The van der Waals surface area contributed by atoms with Crippen LogP contribution in [0.1, 0.15) is 316 Å². The lowest BCUT2D eigenvalue weighted by atomic mass is 10.0. The normalized spacial score (nSPS) is 12.9. The maximum atomic E-state index is 12.9. The molecule has 6 heteroatoms. The Kier molecular flexibility index (Phi) is 64.8. The van der Waals surface area contributed by atoms with E-state index in [1.165, 1.54) is 154 Å². The van der Waals surface area contributed by atoms with E-state index < -0.39 is 6.10 Å². The molecule has 1 unspecified atom stereocenters. The van der Waals surface area contributed by atoms with Crippen molar-refractivity contribution in [1.29, 1.82) is 0 Å². The average Bonchev–Trinajstić information content (AvgIpc) is 3.47. The minimum Gasteiger partial charge on any atom is -0.462 e. The maximum absolute atomic E-state index is 12.9. The van der Waals surface area contributed by atoms with Crippen LogP contribution in [0.25, 0.3) is 0 Å². The molecule has 0 rings (SSSR count). The number of rotatable bonds is 61. The molecule has 0 aliphatic rings. The van der Waals surface area contributed by atoms with Crippen LogP contribution in [-0.2, 0) is 28.6 Å². The van der Waals surface area contributed by atoms with Gasteiger partial charge in [0, 0.05) is 19.3 Å². The van der Waals surface area contributed by atoms with Crippen molar-refractivity contribution in [2.75, 3.05) is 13.2 Å². The third-order valence-electron chi connectivity index (χ3n) is 14.5. The molecular formula is C75H126O6. The van der Waals surface area contributed by atoms with Crippen molar-refractivity contribution in [2.45, 2.75) is 322 Å². The van der Waals surface area contributed by atoms with Crippen LogP contribution in [-0.4, -0.2) is 37.2 Å². The number of ether oxygens (including phenoxy) is 3. The highest BCUT2D eigenvalue weighted by molar-refractivity contribution is 5.71. The summed E-state index contributed by atoms with van der Waals surface area (Å²) >= 11 is 0. The zero-order chi connectivity index (χ0) is 58.5. The first-order valence-electron chi connectivity index (χ1n) is 34.0. The Morgan fingerprint density at radius 3 is 0.778 bits per heavy atom. The molecular weight excluding hydrogens is 997 g/mol. The highest BCUT2D eigenvalue weighted by Gasteiger charge is 2.19. The first-order chi connectivity index (χ1) is 40.0. The summed E-state index contributed by atoms with van der Waals surface area (Å²) in [5, 5.41) is 0. The summed E-state index contributed by atoms with van der Waals surface area (Å²) in [7, 11) is 0. The van der Waals surface area contributed by atoms with Gasteiger partial charge in [0.15, 0.2) is 6.10 Å². The Balaban J connectivity index is 4.39. The first kappa shape index (κ1) is 76.8. The SMILES string of the molecule is CC/C=C\C/C=C\C/C=C\C/C=C\C/C=C\C/C=C\C/C=C\C/C=C\C/C=C\CCCCCC(=O)OCC(COC(=O)CCCCCCCCCCCCCCCC)OC(=O)CCCCCCCCC/C=C\CCCCCCCCC. The molecule has 0 aromatic carbocycles. The number of allylic oxidation sites excluding steroid dienone is 20. The Morgan fingerprint density at radius 1 is 0.259 bits per heavy atom. The van der Waals surface area contributed by atoms with E-state index in [4.69, 9.17) is 14.2 Å². The predicted molar refractivity (Wildman–Crippen MR) is 353 cm³/mol. The fourth-order valence-corrected chi connectivity index (χ4v) is 9.37. The second kappa shape index (κ2) is 68.3. The molecule has 1 atom stereocenters. The smallest absolute Gasteiger partial charge is 0.306 e. The van der Waals surface area contributed by atoms with E-state index >= 15 is 0 Å². The molecule has 0 amide bonds. The van der Waals surface area contributed by atoms with Crippen molar-refractivity contribution in [1.82, 2.24) is 0 Å². The molecule has 0 N–H and O–H groups in total. The van der Waals surface area contributed by atoms with Crippen molar-refractivity contribution in [3.63, 3.8) is 0 Å². The molecule has 0 saturated carbocycles. The number of carbonyl (C=O) groups excluding carboxylic acids is 3. The number of esters is 3. The summed E-state index contributed by atoms with van der Waals surface area (Å²) in [4.78, 5) is 38.4. The molecule has 462 valence electrons. The van der Waals surface area contributed by atoms with Gasteiger partial charge in [-0.25, -0.2) is 0 Å². The van der Waals surface area contributed by atoms with Crippen LogP contribution < -0.4 is 0 Å². The van der Waals surface area contributed by atoms with Gasteiger partial charge in [-0.2, -0.15) is 0 Å². The molecule has 0 aromatic heterocycles. The number of carbonyl (C=O) groups is 3. The number of hydrogen-bond donors (Lipinski definition) is 0. The zero-order valence-corrected chi connectivity index (χ0v) is 53.0. The predicted octanol–water partition coefficient (Wildman–Crippen LogP) is 23.6. The standard InChI is InChI=1S/C75H126O6/c1-4-7-10-13-16-19-22-25-28-30-32-33-34-35-36-37-38-39-40-41-42-43-44-46-47-50-53-56-59-62-65-68-74(77)80-71-72(70-79-73(76)67-64-61-58-55-52-49-27-24-21-18-15-12-9-6-3)81-75(78)69-66-63-60-57-54-51-48-45-31-29-26-23-20-17-14-11-8-5-2/h7,10,16,19,25,28-29,31-33,35-36,38-39,41-42,44,46,50,53,72H,4-6,8-9,11-15,17-18,20-24,26-27,30,34,37,40,43,45,47-49,51-52,54-71H2,1-3H3/b10-7-,19-16-,28-25-,31-29-,33-32-,36-35-,39-38-,42-41-,46-44-,53-50-. The van der Waals surface area contributed by atoms with Crippen LogP contribution in [0.3, 0.4) is 0 Å².